The molecule has 0 spiro atoms. The average molecular weight is 330 g/mol. The van der Waals surface area contributed by atoms with Crippen molar-refractivity contribution < 1.29 is 22.8 Å². The number of amides is 2. The third-order valence-corrected chi connectivity index (χ3v) is 3.40. The van der Waals surface area contributed by atoms with Gasteiger partial charge in [-0.3, -0.25) is 9.59 Å². The molecule has 0 aliphatic carbocycles. The van der Waals surface area contributed by atoms with E-state index in [0.29, 0.717) is 0 Å². The van der Waals surface area contributed by atoms with E-state index in [1.54, 1.807) is 13.8 Å². The lowest BCUT2D eigenvalue weighted by atomic mass is 10.0. The highest BCUT2D eigenvalue weighted by Gasteiger charge is 2.34. The molecule has 1 atom stereocenters. The quantitative estimate of drug-likeness (QED) is 0.902. The van der Waals surface area contributed by atoms with E-state index in [2.05, 4.69) is 5.32 Å². The molecule has 4 nitrogen and oxygen atoms in total. The molecule has 2 amide bonds. The summed E-state index contributed by atoms with van der Waals surface area (Å²) in [5, 5.41) is 2.54. The van der Waals surface area contributed by atoms with Crippen LogP contribution in [0.5, 0.6) is 0 Å². The average Bonchev–Trinajstić information content (AvgIpc) is 2.43. The summed E-state index contributed by atoms with van der Waals surface area (Å²) in [7, 11) is 1.42. The van der Waals surface area contributed by atoms with Crippen LogP contribution in [-0.4, -0.2) is 29.8 Å². The minimum Gasteiger partial charge on any atom is -0.344 e. The maximum Gasteiger partial charge on any atom is 0.416 e. The maximum atomic E-state index is 13.0. The molecule has 1 unspecified atom stereocenters. The topological polar surface area (TPSA) is 49.4 Å². The summed E-state index contributed by atoms with van der Waals surface area (Å²) in [6, 6.07) is 4.37. The minimum absolute atomic E-state index is 0.0150. The molecule has 128 valence electrons. The minimum atomic E-state index is -4.48. The molecule has 1 N–H and O–H groups in total. The Kier molecular flexibility index (Phi) is 6.18. The van der Waals surface area contributed by atoms with Gasteiger partial charge in [0.25, 0.3) is 0 Å². The zero-order valence-corrected chi connectivity index (χ0v) is 13.6. The Labute approximate surface area is 133 Å². The molecule has 0 bridgehead atoms. The normalized spacial score (nSPS) is 12.9. The van der Waals surface area contributed by atoms with Gasteiger partial charge in [-0.25, -0.2) is 0 Å². The third kappa shape index (κ3) is 5.26. The molecule has 0 aliphatic rings. The Morgan fingerprint density at radius 1 is 1.22 bits per heavy atom. The van der Waals surface area contributed by atoms with E-state index in [4.69, 9.17) is 0 Å². The number of hydrogen-bond acceptors (Lipinski definition) is 2. The van der Waals surface area contributed by atoms with Crippen molar-refractivity contribution in [3.8, 4) is 0 Å². The molecule has 1 aromatic carbocycles. The highest BCUT2D eigenvalue weighted by molar-refractivity contribution is 5.87. The SMILES string of the molecule is CC(=O)NC(C(=O)N(C)Cc1ccccc1C(F)(F)F)C(C)C. The molecule has 0 aromatic heterocycles. The van der Waals surface area contributed by atoms with Crippen LogP contribution in [-0.2, 0) is 22.3 Å². The van der Waals surface area contributed by atoms with Crippen LogP contribution in [0.15, 0.2) is 24.3 Å². The summed E-state index contributed by atoms with van der Waals surface area (Å²) >= 11 is 0. The second-order valence-electron chi connectivity index (χ2n) is 5.77. The molecule has 0 aliphatic heterocycles. The van der Waals surface area contributed by atoms with Crippen molar-refractivity contribution >= 4 is 11.8 Å². The molecule has 0 saturated carbocycles. The van der Waals surface area contributed by atoms with E-state index in [9.17, 15) is 22.8 Å². The second kappa shape index (κ2) is 7.48. The van der Waals surface area contributed by atoms with E-state index in [0.717, 1.165) is 6.07 Å². The number of likely N-dealkylation sites (N-methyl/N-ethyl adjacent to an activating group) is 1. The van der Waals surface area contributed by atoms with Crippen LogP contribution in [0.4, 0.5) is 13.2 Å². The molecule has 1 rings (SSSR count). The number of nitrogens with one attached hydrogen (secondary N) is 1. The number of alkyl halides is 3. The number of carbonyl (C=O) groups excluding carboxylic acids is 2. The monoisotopic (exact) mass is 330 g/mol. The van der Waals surface area contributed by atoms with Gasteiger partial charge in [-0.05, 0) is 17.5 Å². The molecule has 0 saturated heterocycles. The summed E-state index contributed by atoms with van der Waals surface area (Å²) in [4.78, 5) is 24.8. The highest BCUT2D eigenvalue weighted by atomic mass is 19.4. The second-order valence-corrected chi connectivity index (χ2v) is 5.77. The summed E-state index contributed by atoms with van der Waals surface area (Å²) in [5.74, 6) is -0.958. The Bertz CT molecular complexity index is 571. The van der Waals surface area contributed by atoms with E-state index in [1.165, 1.54) is 37.1 Å². The van der Waals surface area contributed by atoms with Crippen molar-refractivity contribution in [1.82, 2.24) is 10.2 Å². The van der Waals surface area contributed by atoms with Crippen LogP contribution >= 0.6 is 0 Å². The first kappa shape index (κ1) is 19.0. The van der Waals surface area contributed by atoms with Gasteiger partial charge in [0.2, 0.25) is 11.8 Å². The number of hydrogen-bond donors (Lipinski definition) is 1. The van der Waals surface area contributed by atoms with Crippen molar-refractivity contribution in [2.45, 2.75) is 39.5 Å². The molecule has 0 heterocycles. The first-order valence-corrected chi connectivity index (χ1v) is 7.21. The lowest BCUT2D eigenvalue weighted by Gasteiger charge is -2.27. The predicted molar refractivity (Wildman–Crippen MR) is 80.4 cm³/mol. The van der Waals surface area contributed by atoms with Gasteiger partial charge >= 0.3 is 6.18 Å². The smallest absolute Gasteiger partial charge is 0.344 e. The van der Waals surface area contributed by atoms with Gasteiger partial charge in [0.15, 0.2) is 0 Å². The van der Waals surface area contributed by atoms with Crippen molar-refractivity contribution in [3.63, 3.8) is 0 Å². The Hall–Kier alpha value is -2.05. The van der Waals surface area contributed by atoms with Gasteiger partial charge in [-0.1, -0.05) is 32.0 Å². The van der Waals surface area contributed by atoms with Crippen LogP contribution in [0.25, 0.3) is 0 Å². The zero-order chi connectivity index (χ0) is 17.8. The molecular formula is C16H21F3N2O2. The fourth-order valence-corrected chi connectivity index (χ4v) is 2.24. The van der Waals surface area contributed by atoms with Crippen LogP contribution in [0, 0.1) is 5.92 Å². The van der Waals surface area contributed by atoms with Crippen molar-refractivity contribution in [2.24, 2.45) is 5.92 Å². The Balaban J connectivity index is 2.97. The highest BCUT2D eigenvalue weighted by Crippen LogP contribution is 2.32. The molecular weight excluding hydrogens is 309 g/mol. The summed E-state index contributed by atoms with van der Waals surface area (Å²) in [5.41, 5.74) is -0.749. The van der Waals surface area contributed by atoms with Gasteiger partial charge in [-0.2, -0.15) is 13.2 Å². The van der Waals surface area contributed by atoms with Crippen molar-refractivity contribution in [2.75, 3.05) is 7.05 Å². The molecule has 0 fully saturated rings. The third-order valence-electron chi connectivity index (χ3n) is 3.40. The van der Waals surface area contributed by atoms with Gasteiger partial charge in [0, 0.05) is 20.5 Å². The van der Waals surface area contributed by atoms with Gasteiger partial charge in [-0.15, -0.1) is 0 Å². The summed E-state index contributed by atoms with van der Waals surface area (Å²) in [6.45, 7) is 4.63. The lowest BCUT2D eigenvalue weighted by Crippen LogP contribution is -2.49. The standard InChI is InChI=1S/C16H21F3N2O2/c1-10(2)14(20-11(3)22)15(23)21(4)9-12-7-5-6-8-13(12)16(17,18)19/h5-8,10,14H,9H2,1-4H3,(H,20,22). The van der Waals surface area contributed by atoms with E-state index in [1.807, 2.05) is 0 Å². The summed E-state index contributed by atoms with van der Waals surface area (Å²) in [6.07, 6.45) is -4.48. The van der Waals surface area contributed by atoms with Gasteiger partial charge < -0.3 is 10.2 Å². The number of carbonyl (C=O) groups is 2. The van der Waals surface area contributed by atoms with Crippen molar-refractivity contribution in [3.05, 3.63) is 35.4 Å². The Morgan fingerprint density at radius 2 is 1.78 bits per heavy atom. The lowest BCUT2D eigenvalue weighted by molar-refractivity contribution is -0.140. The maximum absolute atomic E-state index is 13.0. The zero-order valence-electron chi connectivity index (χ0n) is 13.6. The van der Waals surface area contributed by atoms with Gasteiger partial charge in [0.1, 0.15) is 6.04 Å². The van der Waals surface area contributed by atoms with Gasteiger partial charge in [0.05, 0.1) is 5.56 Å². The fraction of sp³-hybridized carbons (Fsp3) is 0.500. The van der Waals surface area contributed by atoms with Crippen molar-refractivity contribution in [1.29, 1.82) is 0 Å². The number of benzene rings is 1. The van der Waals surface area contributed by atoms with E-state index < -0.39 is 23.7 Å². The van der Waals surface area contributed by atoms with Crippen LogP contribution in [0.1, 0.15) is 31.9 Å². The van der Waals surface area contributed by atoms with E-state index >= 15 is 0 Å². The molecule has 7 heteroatoms. The summed E-state index contributed by atoms with van der Waals surface area (Å²) < 4.78 is 39.0. The molecule has 0 radical (unpaired) electrons. The van der Waals surface area contributed by atoms with E-state index in [-0.39, 0.29) is 23.9 Å². The van der Waals surface area contributed by atoms with Crippen LogP contribution in [0.3, 0.4) is 0 Å². The van der Waals surface area contributed by atoms with Crippen LogP contribution in [0.2, 0.25) is 0 Å². The first-order chi connectivity index (χ1) is 10.5. The Morgan fingerprint density at radius 3 is 2.26 bits per heavy atom. The van der Waals surface area contributed by atoms with Crippen LogP contribution < -0.4 is 5.32 Å². The number of halogens is 3. The molecule has 23 heavy (non-hydrogen) atoms. The molecule has 1 aromatic rings. The largest absolute Gasteiger partial charge is 0.416 e. The number of rotatable bonds is 5. The first-order valence-electron chi connectivity index (χ1n) is 7.21. The fourth-order valence-electron chi connectivity index (χ4n) is 2.24. The number of nitrogens with zero attached hydrogens (tertiary/aromatic N) is 1. The predicted octanol–water partition coefficient (Wildman–Crippen LogP) is 2.82.